The largest absolute Gasteiger partial charge is 0.448 e. The third-order valence-electron chi connectivity index (χ3n) is 3.38. The van der Waals surface area contributed by atoms with E-state index >= 15 is 0 Å². The van der Waals surface area contributed by atoms with Crippen LogP contribution in [0.2, 0.25) is 0 Å². The molecule has 0 aliphatic heterocycles. The van der Waals surface area contributed by atoms with Crippen LogP contribution in [0.3, 0.4) is 0 Å². The zero-order valence-electron chi connectivity index (χ0n) is 14.0. The minimum Gasteiger partial charge on any atom is -0.448 e. The topological polar surface area (TPSA) is 80.3 Å². The van der Waals surface area contributed by atoms with Crippen molar-refractivity contribution in [3.05, 3.63) is 41.0 Å². The average Bonchev–Trinajstić information content (AvgIpc) is 3.04. The highest BCUT2D eigenvalue weighted by Gasteiger charge is 2.22. The summed E-state index contributed by atoms with van der Waals surface area (Å²) < 4.78 is 5.21. The molecule has 0 radical (unpaired) electrons. The predicted molar refractivity (Wildman–Crippen MR) is 95.6 cm³/mol. The van der Waals surface area contributed by atoms with Gasteiger partial charge in [0.15, 0.2) is 11.8 Å². The number of benzene rings is 1. The van der Waals surface area contributed by atoms with E-state index < -0.39 is 12.1 Å². The molecule has 0 aliphatic carbocycles. The van der Waals surface area contributed by atoms with Gasteiger partial charge in [-0.15, -0.1) is 11.3 Å². The fraction of sp³-hybridized carbons (Fsp3) is 0.353. The first-order valence-electron chi connectivity index (χ1n) is 7.83. The van der Waals surface area contributed by atoms with Gasteiger partial charge in [0.1, 0.15) is 5.00 Å². The number of amides is 1. The number of ether oxygens (including phenoxy) is 1. The predicted octanol–water partition coefficient (Wildman–Crippen LogP) is 3.32. The van der Waals surface area contributed by atoms with Gasteiger partial charge in [-0.25, -0.2) is 9.78 Å². The maximum atomic E-state index is 12.2. The van der Waals surface area contributed by atoms with Gasteiger partial charge >= 0.3 is 5.97 Å². The minimum absolute atomic E-state index is 0.203. The normalized spacial score (nSPS) is 11.6. The first-order valence-corrected chi connectivity index (χ1v) is 8.71. The molecule has 0 spiro atoms. The molecule has 7 heteroatoms. The summed E-state index contributed by atoms with van der Waals surface area (Å²) in [5, 5.41) is 6.42. The van der Waals surface area contributed by atoms with Crippen LogP contribution >= 0.6 is 11.3 Å². The number of esters is 1. The molecule has 2 aromatic rings. The van der Waals surface area contributed by atoms with Crippen LogP contribution in [0.25, 0.3) is 0 Å². The fourth-order valence-corrected chi connectivity index (χ4v) is 2.75. The monoisotopic (exact) mass is 347 g/mol. The summed E-state index contributed by atoms with van der Waals surface area (Å²) in [7, 11) is 0. The number of hydrogen-bond donors (Lipinski definition) is 2. The molecule has 0 bridgehead atoms. The van der Waals surface area contributed by atoms with Gasteiger partial charge in [-0.3, -0.25) is 4.79 Å². The molecule has 24 heavy (non-hydrogen) atoms. The number of carbonyl (C=O) groups is 2. The maximum absolute atomic E-state index is 12.2. The zero-order chi connectivity index (χ0) is 17.5. The highest BCUT2D eigenvalue weighted by molar-refractivity contribution is 7.14. The van der Waals surface area contributed by atoms with E-state index in [1.54, 1.807) is 5.51 Å². The van der Waals surface area contributed by atoms with Crippen molar-refractivity contribution in [2.75, 3.05) is 17.2 Å². The summed E-state index contributed by atoms with van der Waals surface area (Å²) >= 11 is 1.32. The Morgan fingerprint density at radius 2 is 1.96 bits per heavy atom. The summed E-state index contributed by atoms with van der Waals surface area (Å²) in [6.45, 7) is 6.20. The molecular weight excluding hydrogens is 326 g/mol. The number of aromatic nitrogens is 1. The van der Waals surface area contributed by atoms with E-state index in [4.69, 9.17) is 4.74 Å². The minimum atomic E-state index is -0.917. The molecule has 0 aliphatic rings. The summed E-state index contributed by atoms with van der Waals surface area (Å²) in [6.07, 6.45) is 0.0174. The van der Waals surface area contributed by atoms with Crippen molar-refractivity contribution in [2.24, 2.45) is 0 Å². The number of carbonyl (C=O) groups excluding carboxylic acids is 2. The molecule has 0 saturated carbocycles. The molecule has 6 nitrogen and oxygen atoms in total. The lowest BCUT2D eigenvalue weighted by Gasteiger charge is -2.13. The lowest BCUT2D eigenvalue weighted by atomic mass is 10.1. The molecule has 1 atom stereocenters. The third-order valence-corrected chi connectivity index (χ3v) is 4.17. The Morgan fingerprint density at radius 3 is 2.58 bits per heavy atom. The molecule has 1 amide bonds. The molecule has 1 aromatic heterocycles. The Kier molecular flexibility index (Phi) is 6.31. The molecule has 2 N–H and O–H groups in total. The van der Waals surface area contributed by atoms with Gasteiger partial charge in [-0.2, -0.15) is 0 Å². The van der Waals surface area contributed by atoms with E-state index in [-0.39, 0.29) is 11.6 Å². The SMILES string of the molecule is CCNc1scnc1C(=O)O[C@@H](C)C(=O)Nc1ccc(CC)cc1. The summed E-state index contributed by atoms with van der Waals surface area (Å²) in [4.78, 5) is 28.3. The van der Waals surface area contributed by atoms with Crippen LogP contribution in [0.15, 0.2) is 29.8 Å². The molecule has 1 heterocycles. The standard InChI is InChI=1S/C17H21N3O3S/c1-4-12-6-8-13(9-7-12)20-15(21)11(3)23-17(22)14-16(18-5-2)24-10-19-14/h6-11,18H,4-5H2,1-3H3,(H,20,21)/t11-/m0/s1. The van der Waals surface area contributed by atoms with E-state index in [0.29, 0.717) is 17.2 Å². The van der Waals surface area contributed by atoms with Gasteiger partial charge < -0.3 is 15.4 Å². The van der Waals surface area contributed by atoms with Gasteiger partial charge in [0.2, 0.25) is 0 Å². The Labute approximate surface area is 145 Å². The highest BCUT2D eigenvalue weighted by Crippen LogP contribution is 2.21. The molecular formula is C17H21N3O3S. The van der Waals surface area contributed by atoms with Crippen LogP contribution in [0.1, 0.15) is 36.8 Å². The number of aryl methyl sites for hydroxylation is 1. The first-order chi connectivity index (χ1) is 11.5. The molecule has 0 unspecified atom stereocenters. The van der Waals surface area contributed by atoms with Crippen LogP contribution in [0.4, 0.5) is 10.7 Å². The van der Waals surface area contributed by atoms with Crippen molar-refractivity contribution in [3.63, 3.8) is 0 Å². The third kappa shape index (κ3) is 4.55. The second-order valence-corrected chi connectivity index (χ2v) is 6.00. The van der Waals surface area contributed by atoms with E-state index in [1.807, 2.05) is 31.2 Å². The Bertz CT molecular complexity index is 697. The van der Waals surface area contributed by atoms with E-state index in [0.717, 1.165) is 6.42 Å². The van der Waals surface area contributed by atoms with Gasteiger partial charge in [-0.1, -0.05) is 19.1 Å². The van der Waals surface area contributed by atoms with E-state index in [2.05, 4.69) is 22.5 Å². The molecule has 128 valence electrons. The number of nitrogens with zero attached hydrogens (tertiary/aromatic N) is 1. The second kappa shape index (κ2) is 8.44. The van der Waals surface area contributed by atoms with Crippen LogP contribution in [-0.4, -0.2) is 29.5 Å². The van der Waals surface area contributed by atoms with Crippen molar-refractivity contribution in [3.8, 4) is 0 Å². The van der Waals surface area contributed by atoms with Crippen LogP contribution in [0.5, 0.6) is 0 Å². The summed E-state index contributed by atoms with van der Waals surface area (Å²) in [6, 6.07) is 7.55. The van der Waals surface area contributed by atoms with Crippen molar-refractivity contribution in [1.29, 1.82) is 0 Å². The van der Waals surface area contributed by atoms with Crippen molar-refractivity contribution >= 4 is 33.9 Å². The Morgan fingerprint density at radius 1 is 1.25 bits per heavy atom. The van der Waals surface area contributed by atoms with Crippen LogP contribution in [0, 0.1) is 0 Å². The smallest absolute Gasteiger partial charge is 0.360 e. The maximum Gasteiger partial charge on any atom is 0.360 e. The molecule has 0 fully saturated rings. The molecule has 0 saturated heterocycles. The molecule has 1 aromatic carbocycles. The van der Waals surface area contributed by atoms with Gasteiger partial charge in [0.25, 0.3) is 5.91 Å². The summed E-state index contributed by atoms with van der Waals surface area (Å²) in [5.41, 5.74) is 3.62. The quantitative estimate of drug-likeness (QED) is 0.751. The number of rotatable bonds is 7. The fourth-order valence-electron chi connectivity index (χ4n) is 2.02. The lowest BCUT2D eigenvalue weighted by molar-refractivity contribution is -0.123. The number of hydrogen-bond acceptors (Lipinski definition) is 6. The van der Waals surface area contributed by atoms with E-state index in [1.165, 1.54) is 23.8 Å². The number of thiazole rings is 1. The van der Waals surface area contributed by atoms with Crippen LogP contribution in [-0.2, 0) is 16.0 Å². The number of anilines is 2. The van der Waals surface area contributed by atoms with Crippen molar-refractivity contribution in [1.82, 2.24) is 4.98 Å². The average molecular weight is 347 g/mol. The van der Waals surface area contributed by atoms with Crippen LogP contribution < -0.4 is 10.6 Å². The summed E-state index contributed by atoms with van der Waals surface area (Å²) in [5.74, 6) is -0.996. The second-order valence-electron chi connectivity index (χ2n) is 5.15. The highest BCUT2D eigenvalue weighted by atomic mass is 32.1. The lowest BCUT2D eigenvalue weighted by Crippen LogP contribution is -2.30. The Balaban J connectivity index is 1.95. The first kappa shape index (κ1) is 17.9. The van der Waals surface area contributed by atoms with Crippen molar-refractivity contribution < 1.29 is 14.3 Å². The van der Waals surface area contributed by atoms with Crippen molar-refractivity contribution in [2.45, 2.75) is 33.3 Å². The van der Waals surface area contributed by atoms with Gasteiger partial charge in [0.05, 0.1) is 5.51 Å². The van der Waals surface area contributed by atoms with Gasteiger partial charge in [0, 0.05) is 12.2 Å². The van der Waals surface area contributed by atoms with Gasteiger partial charge in [-0.05, 0) is 38.0 Å². The molecule has 2 rings (SSSR count). The van der Waals surface area contributed by atoms with E-state index in [9.17, 15) is 9.59 Å². The number of nitrogens with one attached hydrogen (secondary N) is 2. The Hall–Kier alpha value is -2.41. The zero-order valence-corrected chi connectivity index (χ0v) is 14.8.